The first-order chi connectivity index (χ1) is 7.74. The van der Waals surface area contributed by atoms with Crippen LogP contribution in [0.5, 0.6) is 11.5 Å². The van der Waals surface area contributed by atoms with E-state index in [2.05, 4.69) is 10.2 Å². The third-order valence-corrected chi connectivity index (χ3v) is 2.45. The van der Waals surface area contributed by atoms with E-state index < -0.39 is 0 Å². The second kappa shape index (κ2) is 4.36. The fraction of sp³-hybridized carbons (Fsp3) is 0.200. The average molecular weight is 237 g/mol. The summed E-state index contributed by atoms with van der Waals surface area (Å²) in [7, 11) is 3.21. The number of benzene rings is 1. The number of hydrogen-bond donors (Lipinski definition) is 1. The molecule has 0 saturated heterocycles. The van der Waals surface area contributed by atoms with Crippen molar-refractivity contribution < 1.29 is 9.47 Å². The summed E-state index contributed by atoms with van der Waals surface area (Å²) in [6.07, 6.45) is 1.61. The van der Waals surface area contributed by atoms with E-state index in [1.54, 1.807) is 31.2 Å². The van der Waals surface area contributed by atoms with Crippen molar-refractivity contribution >= 4 is 12.2 Å². The number of rotatable bonds is 3. The molecule has 2 rings (SSSR count). The smallest absolute Gasteiger partial charge is 0.199 e. The number of nitrogens with zero attached hydrogens (tertiary/aromatic N) is 2. The van der Waals surface area contributed by atoms with Crippen LogP contribution >= 0.6 is 12.2 Å². The van der Waals surface area contributed by atoms with E-state index in [1.807, 2.05) is 12.1 Å². The van der Waals surface area contributed by atoms with Crippen LogP contribution in [-0.4, -0.2) is 29.0 Å². The number of aromatic amines is 1. The van der Waals surface area contributed by atoms with Crippen LogP contribution in [-0.2, 0) is 0 Å². The Morgan fingerprint density at radius 3 is 2.25 bits per heavy atom. The lowest BCUT2D eigenvalue weighted by Crippen LogP contribution is -1.95. The van der Waals surface area contributed by atoms with Crippen molar-refractivity contribution in [1.82, 2.24) is 14.8 Å². The summed E-state index contributed by atoms with van der Waals surface area (Å²) >= 11 is 5.09. The minimum Gasteiger partial charge on any atom is -0.497 e. The average Bonchev–Trinajstić information content (AvgIpc) is 2.74. The van der Waals surface area contributed by atoms with E-state index >= 15 is 0 Å². The highest BCUT2D eigenvalue weighted by atomic mass is 32.1. The molecule has 1 heterocycles. The van der Waals surface area contributed by atoms with Crippen LogP contribution in [0.3, 0.4) is 0 Å². The largest absolute Gasteiger partial charge is 0.497 e. The van der Waals surface area contributed by atoms with Gasteiger partial charge in [0.15, 0.2) is 4.77 Å². The zero-order chi connectivity index (χ0) is 11.5. The molecule has 0 amide bonds. The Morgan fingerprint density at radius 1 is 1.19 bits per heavy atom. The molecule has 2 aromatic rings. The Hall–Kier alpha value is -1.82. The van der Waals surface area contributed by atoms with Crippen LogP contribution in [0.2, 0.25) is 0 Å². The van der Waals surface area contributed by atoms with Crippen molar-refractivity contribution in [1.29, 1.82) is 0 Å². The fourth-order valence-electron chi connectivity index (χ4n) is 1.36. The minimum absolute atomic E-state index is 0.523. The van der Waals surface area contributed by atoms with Crippen molar-refractivity contribution in [2.45, 2.75) is 0 Å². The molecule has 0 radical (unpaired) electrons. The van der Waals surface area contributed by atoms with Crippen molar-refractivity contribution in [3.8, 4) is 17.2 Å². The molecule has 0 spiro atoms. The van der Waals surface area contributed by atoms with Gasteiger partial charge in [-0.2, -0.15) is 5.10 Å². The highest BCUT2D eigenvalue weighted by Gasteiger charge is 2.04. The van der Waals surface area contributed by atoms with Crippen LogP contribution in [0, 0.1) is 4.77 Å². The molecule has 1 aromatic heterocycles. The van der Waals surface area contributed by atoms with Gasteiger partial charge in [0.05, 0.1) is 19.9 Å². The Balaban J connectivity index is 2.56. The first-order valence-electron chi connectivity index (χ1n) is 4.60. The normalized spacial score (nSPS) is 10.1. The van der Waals surface area contributed by atoms with Gasteiger partial charge in [-0.05, 0) is 12.2 Å². The Morgan fingerprint density at radius 2 is 1.81 bits per heavy atom. The van der Waals surface area contributed by atoms with Gasteiger partial charge in [0.2, 0.25) is 0 Å². The molecule has 1 aromatic carbocycles. The van der Waals surface area contributed by atoms with Crippen LogP contribution in [0.15, 0.2) is 24.5 Å². The standard InChI is InChI=1S/C10H11N3O2S/c1-14-8-3-7(4-9(5-8)15-2)13-6-11-12-10(13)16/h3-6H,1-2H3,(H,12,16). The molecule has 0 fully saturated rings. The van der Waals surface area contributed by atoms with Gasteiger partial charge in [-0.25, -0.2) is 0 Å². The molecule has 0 atom stereocenters. The van der Waals surface area contributed by atoms with E-state index in [0.717, 1.165) is 5.69 Å². The summed E-state index contributed by atoms with van der Waals surface area (Å²) in [6.45, 7) is 0. The molecular weight excluding hydrogens is 226 g/mol. The minimum atomic E-state index is 0.523. The number of methoxy groups -OCH3 is 2. The molecule has 0 bridgehead atoms. The number of nitrogens with one attached hydrogen (secondary N) is 1. The molecule has 0 aliphatic heterocycles. The van der Waals surface area contributed by atoms with E-state index in [9.17, 15) is 0 Å². The second-order valence-electron chi connectivity index (χ2n) is 3.10. The highest BCUT2D eigenvalue weighted by molar-refractivity contribution is 7.71. The van der Waals surface area contributed by atoms with E-state index in [1.165, 1.54) is 0 Å². The first-order valence-corrected chi connectivity index (χ1v) is 5.01. The fourth-order valence-corrected chi connectivity index (χ4v) is 1.57. The molecular formula is C10H11N3O2S. The first kappa shape index (κ1) is 10.7. The molecule has 0 aliphatic rings. The summed E-state index contributed by atoms with van der Waals surface area (Å²) in [6, 6.07) is 5.51. The maximum absolute atomic E-state index is 5.18. The lowest BCUT2D eigenvalue weighted by molar-refractivity contribution is 0.394. The number of aromatic nitrogens is 3. The molecule has 0 unspecified atom stereocenters. The second-order valence-corrected chi connectivity index (χ2v) is 3.49. The van der Waals surface area contributed by atoms with Gasteiger partial charge in [0, 0.05) is 18.2 Å². The molecule has 0 saturated carbocycles. The van der Waals surface area contributed by atoms with Gasteiger partial charge < -0.3 is 9.47 Å². The van der Waals surface area contributed by atoms with E-state index in [0.29, 0.717) is 16.3 Å². The zero-order valence-corrected chi connectivity index (χ0v) is 9.75. The summed E-state index contributed by atoms with van der Waals surface area (Å²) in [5, 5.41) is 6.55. The third-order valence-electron chi connectivity index (χ3n) is 2.17. The predicted molar refractivity (Wildman–Crippen MR) is 61.9 cm³/mol. The number of H-pyrrole nitrogens is 1. The lowest BCUT2D eigenvalue weighted by Gasteiger charge is -2.08. The van der Waals surface area contributed by atoms with E-state index in [4.69, 9.17) is 21.7 Å². The highest BCUT2D eigenvalue weighted by Crippen LogP contribution is 2.24. The van der Waals surface area contributed by atoms with Crippen LogP contribution in [0.1, 0.15) is 0 Å². The van der Waals surface area contributed by atoms with Crippen molar-refractivity contribution in [3.05, 3.63) is 29.3 Å². The number of ether oxygens (including phenoxy) is 2. The lowest BCUT2D eigenvalue weighted by atomic mass is 10.3. The maximum atomic E-state index is 5.18. The predicted octanol–water partition coefficient (Wildman–Crippen LogP) is 1.95. The molecule has 16 heavy (non-hydrogen) atoms. The van der Waals surface area contributed by atoms with Crippen molar-refractivity contribution in [3.63, 3.8) is 0 Å². The van der Waals surface area contributed by atoms with Gasteiger partial charge in [0.25, 0.3) is 0 Å². The van der Waals surface area contributed by atoms with Gasteiger partial charge in [0.1, 0.15) is 17.8 Å². The third kappa shape index (κ3) is 1.92. The van der Waals surface area contributed by atoms with E-state index in [-0.39, 0.29) is 0 Å². The Labute approximate surface area is 97.6 Å². The molecule has 1 N–H and O–H groups in total. The summed E-state index contributed by atoms with van der Waals surface area (Å²) in [4.78, 5) is 0. The Bertz CT molecular complexity index is 525. The zero-order valence-electron chi connectivity index (χ0n) is 8.93. The van der Waals surface area contributed by atoms with Crippen molar-refractivity contribution in [2.75, 3.05) is 14.2 Å². The quantitative estimate of drug-likeness (QED) is 0.829. The summed E-state index contributed by atoms with van der Waals surface area (Å²) in [5.74, 6) is 1.41. The van der Waals surface area contributed by atoms with Gasteiger partial charge in [-0.3, -0.25) is 9.67 Å². The van der Waals surface area contributed by atoms with Crippen LogP contribution < -0.4 is 9.47 Å². The van der Waals surface area contributed by atoms with Gasteiger partial charge in [-0.15, -0.1) is 0 Å². The Kier molecular flexibility index (Phi) is 2.91. The van der Waals surface area contributed by atoms with Crippen molar-refractivity contribution in [2.24, 2.45) is 0 Å². The summed E-state index contributed by atoms with van der Waals surface area (Å²) in [5.41, 5.74) is 0.843. The molecule has 5 nitrogen and oxygen atoms in total. The SMILES string of the molecule is COc1cc(OC)cc(-n2cn[nH]c2=S)c1. The molecule has 6 heteroatoms. The van der Waals surface area contributed by atoms with Crippen LogP contribution in [0.25, 0.3) is 5.69 Å². The molecule has 0 aliphatic carbocycles. The maximum Gasteiger partial charge on any atom is 0.199 e. The molecule has 84 valence electrons. The monoisotopic (exact) mass is 237 g/mol. The van der Waals surface area contributed by atoms with Gasteiger partial charge in [-0.1, -0.05) is 0 Å². The number of hydrogen-bond acceptors (Lipinski definition) is 4. The van der Waals surface area contributed by atoms with Gasteiger partial charge >= 0.3 is 0 Å². The summed E-state index contributed by atoms with van der Waals surface area (Å²) < 4.78 is 12.6. The topological polar surface area (TPSA) is 52.1 Å². The van der Waals surface area contributed by atoms with Crippen LogP contribution in [0.4, 0.5) is 0 Å².